The van der Waals surface area contributed by atoms with E-state index in [1.54, 1.807) is 0 Å². The van der Waals surface area contributed by atoms with E-state index in [4.69, 9.17) is 0 Å². The molecule has 0 atom stereocenters. The molecule has 0 amide bonds. The lowest BCUT2D eigenvalue weighted by Crippen LogP contribution is -2.04. The largest absolute Gasteiger partial charge is 0.333 e. The molecule has 3 aromatic heterocycles. The maximum atomic E-state index is 4.22. The van der Waals surface area contributed by atoms with Crippen LogP contribution in [-0.4, -0.2) is 39.5 Å². The van der Waals surface area contributed by atoms with Gasteiger partial charge in [-0.05, 0) is 55.4 Å². The highest BCUT2D eigenvalue weighted by Crippen LogP contribution is 2.07. The third-order valence-corrected chi connectivity index (χ3v) is 3.95. The number of aromatic nitrogens is 8. The van der Waals surface area contributed by atoms with Gasteiger partial charge >= 0.3 is 0 Å². The summed E-state index contributed by atoms with van der Waals surface area (Å²) in [5, 5.41) is 11.0. The van der Waals surface area contributed by atoms with E-state index < -0.39 is 0 Å². The molecule has 0 aliphatic rings. The van der Waals surface area contributed by atoms with Crippen molar-refractivity contribution in [2.75, 3.05) is 0 Å². The molecule has 0 bridgehead atoms. The van der Waals surface area contributed by atoms with E-state index >= 15 is 0 Å². The first-order valence-corrected chi connectivity index (χ1v) is 9.80. The Morgan fingerprint density at radius 1 is 0.862 bits per heavy atom. The second-order valence-corrected chi connectivity index (χ2v) is 7.65. The van der Waals surface area contributed by atoms with Gasteiger partial charge in [0.05, 0.1) is 0 Å². The van der Waals surface area contributed by atoms with Crippen LogP contribution in [0.25, 0.3) is 0 Å². The van der Waals surface area contributed by atoms with Gasteiger partial charge in [-0.2, -0.15) is 10.2 Å². The smallest absolute Gasteiger partial charge is 0.153 e. The second kappa shape index (κ2) is 12.1. The predicted octanol–water partition coefficient (Wildman–Crippen LogP) is 5.12. The molecule has 164 valence electrons. The van der Waals surface area contributed by atoms with Crippen LogP contribution < -0.4 is 0 Å². The maximum absolute atomic E-state index is 4.22. The molecule has 29 heavy (non-hydrogen) atoms. The normalized spacial score (nSPS) is 10.4. The maximum Gasteiger partial charge on any atom is 0.153 e. The van der Waals surface area contributed by atoms with Crippen molar-refractivity contribution >= 4 is 0 Å². The Balaban J connectivity index is 0.000000399. The summed E-state index contributed by atoms with van der Waals surface area (Å²) >= 11 is 0. The van der Waals surface area contributed by atoms with E-state index in [1.807, 2.05) is 44.8 Å². The van der Waals surface area contributed by atoms with Gasteiger partial charge < -0.3 is 4.57 Å². The molecule has 0 aliphatic heterocycles. The molecule has 3 rings (SSSR count). The van der Waals surface area contributed by atoms with Gasteiger partial charge in [0.2, 0.25) is 0 Å². The number of aromatic amines is 1. The summed E-state index contributed by atoms with van der Waals surface area (Å²) in [5.41, 5.74) is 0. The highest BCUT2D eigenvalue weighted by atomic mass is 15.4. The van der Waals surface area contributed by atoms with Crippen molar-refractivity contribution in [2.45, 2.75) is 94.7 Å². The van der Waals surface area contributed by atoms with Crippen molar-refractivity contribution in [1.29, 1.82) is 0 Å². The number of hydrogen-bond donors (Lipinski definition) is 1. The van der Waals surface area contributed by atoms with E-state index in [-0.39, 0.29) is 7.43 Å². The van der Waals surface area contributed by atoms with Crippen LogP contribution in [0.15, 0.2) is 12.4 Å². The minimum absolute atomic E-state index is 0. The molecule has 0 unspecified atom stereocenters. The van der Waals surface area contributed by atoms with Gasteiger partial charge in [-0.15, -0.1) is 0 Å². The zero-order valence-corrected chi connectivity index (χ0v) is 19.0. The molecule has 0 aromatic carbocycles. The Kier molecular flexibility index (Phi) is 11.1. The van der Waals surface area contributed by atoms with Crippen molar-refractivity contribution in [2.24, 2.45) is 0 Å². The molecular formula is C21H40N8. The molecule has 8 nitrogen and oxygen atoms in total. The topological polar surface area (TPSA) is 90.1 Å². The fourth-order valence-electron chi connectivity index (χ4n) is 2.58. The molecule has 1 N–H and O–H groups in total. The lowest BCUT2D eigenvalue weighted by atomic mass is 10.2. The number of hydrogen-bond acceptors (Lipinski definition) is 5. The van der Waals surface area contributed by atoms with Gasteiger partial charge in [0.15, 0.2) is 5.82 Å². The minimum Gasteiger partial charge on any atom is -0.333 e. The van der Waals surface area contributed by atoms with Crippen LogP contribution >= 0.6 is 0 Å². The van der Waals surface area contributed by atoms with Crippen LogP contribution in [0.3, 0.4) is 0 Å². The summed E-state index contributed by atoms with van der Waals surface area (Å²) in [7, 11) is 0. The summed E-state index contributed by atoms with van der Waals surface area (Å²) in [5.74, 6) is 5.14. The fourth-order valence-corrected chi connectivity index (χ4v) is 2.58. The number of rotatable bonds is 3. The zero-order chi connectivity index (χ0) is 21.4. The molecule has 3 aromatic rings. The molecule has 0 saturated carbocycles. The third kappa shape index (κ3) is 8.58. The Labute approximate surface area is 176 Å². The highest BCUT2D eigenvalue weighted by molar-refractivity contribution is 4.92. The first-order chi connectivity index (χ1) is 13.0. The van der Waals surface area contributed by atoms with E-state index in [2.05, 4.69) is 76.4 Å². The summed E-state index contributed by atoms with van der Waals surface area (Å²) < 4.78 is 4.06. The summed E-state index contributed by atoms with van der Waals surface area (Å²) in [6, 6.07) is 0.952. The van der Waals surface area contributed by atoms with E-state index in [0.717, 1.165) is 29.1 Å². The Bertz CT molecular complexity index is 823. The number of imidazole rings is 1. The summed E-state index contributed by atoms with van der Waals surface area (Å²) in [6.45, 7) is 20.4. The average molecular weight is 405 g/mol. The van der Waals surface area contributed by atoms with E-state index in [9.17, 15) is 0 Å². The van der Waals surface area contributed by atoms with Gasteiger partial charge in [0.25, 0.3) is 0 Å². The first-order valence-electron chi connectivity index (χ1n) is 9.80. The predicted molar refractivity (Wildman–Crippen MR) is 119 cm³/mol. The van der Waals surface area contributed by atoms with E-state index in [0.29, 0.717) is 18.0 Å². The quantitative estimate of drug-likeness (QED) is 0.654. The van der Waals surface area contributed by atoms with Gasteiger partial charge in [0.1, 0.15) is 23.3 Å². The van der Waals surface area contributed by atoms with Crippen LogP contribution in [0.4, 0.5) is 0 Å². The molecule has 0 spiro atoms. The SMILES string of the molecule is C.Cc1nc(C(C)C)n[nH]1.Cc1nc(C)n(C(C)C)n1.Cc1nccn1C(C)C. The second-order valence-electron chi connectivity index (χ2n) is 7.65. The van der Waals surface area contributed by atoms with Crippen molar-refractivity contribution in [3.8, 4) is 0 Å². The Morgan fingerprint density at radius 2 is 1.48 bits per heavy atom. The van der Waals surface area contributed by atoms with E-state index in [1.165, 1.54) is 0 Å². The van der Waals surface area contributed by atoms with Crippen molar-refractivity contribution in [1.82, 2.24) is 39.5 Å². The number of H-pyrrole nitrogens is 1. The molecule has 0 radical (unpaired) electrons. The van der Waals surface area contributed by atoms with Crippen molar-refractivity contribution < 1.29 is 0 Å². The van der Waals surface area contributed by atoms with Crippen LogP contribution in [-0.2, 0) is 0 Å². The molecule has 0 saturated heterocycles. The average Bonchev–Trinajstić information content (AvgIpc) is 3.29. The monoisotopic (exact) mass is 404 g/mol. The highest BCUT2D eigenvalue weighted by Gasteiger charge is 2.04. The van der Waals surface area contributed by atoms with Gasteiger partial charge in [0, 0.05) is 30.4 Å². The van der Waals surface area contributed by atoms with Gasteiger partial charge in [-0.25, -0.2) is 19.6 Å². The number of nitrogens with one attached hydrogen (secondary N) is 1. The minimum atomic E-state index is 0. The molecule has 0 aliphatic carbocycles. The molecule has 8 heteroatoms. The van der Waals surface area contributed by atoms with Gasteiger partial charge in [-0.3, -0.25) is 5.10 Å². The van der Waals surface area contributed by atoms with Gasteiger partial charge in [-0.1, -0.05) is 21.3 Å². The lowest BCUT2D eigenvalue weighted by molar-refractivity contribution is 0.514. The Hall–Kier alpha value is -2.51. The fraction of sp³-hybridized carbons (Fsp3) is 0.667. The molecule has 0 fully saturated rings. The molecular weight excluding hydrogens is 364 g/mol. The summed E-state index contributed by atoms with van der Waals surface area (Å²) in [6.07, 6.45) is 3.83. The summed E-state index contributed by atoms with van der Waals surface area (Å²) in [4.78, 5) is 12.4. The van der Waals surface area contributed by atoms with Crippen LogP contribution in [0.5, 0.6) is 0 Å². The first kappa shape index (κ1) is 26.5. The third-order valence-electron chi connectivity index (χ3n) is 3.95. The van der Waals surface area contributed by atoms with Crippen LogP contribution in [0, 0.1) is 27.7 Å². The Morgan fingerprint density at radius 3 is 1.69 bits per heavy atom. The zero-order valence-electron chi connectivity index (χ0n) is 19.0. The van der Waals surface area contributed by atoms with Crippen molar-refractivity contribution in [3.05, 3.63) is 41.5 Å². The standard InChI is InChI=1S/C7H13N3.C7H12N2.C6H11N3.CH4/c1-5(2)10-7(4)8-6(3)9-10;1-6(2)9-5-4-8-7(9)3;1-4(2)6-7-5(3)8-9-6;/h5H,1-4H3;4-6H,1-3H3;4H,1-3H3,(H,7,8,9);1H4. The molecule has 3 heterocycles. The van der Waals surface area contributed by atoms with Crippen LogP contribution in [0.2, 0.25) is 0 Å². The lowest BCUT2D eigenvalue weighted by Gasteiger charge is -2.07. The van der Waals surface area contributed by atoms with Crippen LogP contribution in [0.1, 0.15) is 96.1 Å². The number of nitrogens with zero attached hydrogens (tertiary/aromatic N) is 7. The van der Waals surface area contributed by atoms with Crippen molar-refractivity contribution in [3.63, 3.8) is 0 Å². The number of aryl methyl sites for hydroxylation is 4.